The molecule has 2 bridgehead atoms. The summed E-state index contributed by atoms with van der Waals surface area (Å²) in [5, 5.41) is 46.1. The molecule has 260 valence electrons. The molecule has 1 heterocycles. The second-order valence-electron chi connectivity index (χ2n) is 14.1. The van der Waals surface area contributed by atoms with Gasteiger partial charge in [0.1, 0.15) is 5.82 Å². The van der Waals surface area contributed by atoms with Gasteiger partial charge in [-0.05, 0) is 105 Å². The summed E-state index contributed by atoms with van der Waals surface area (Å²) < 4.78 is 14.9. The Hall–Kier alpha value is -2.43. The number of thiophene rings is 1. The minimum atomic E-state index is -1.16. The number of fused-ring (bicyclic) bond motifs is 8. The highest BCUT2D eigenvalue weighted by Crippen LogP contribution is 2.59. The van der Waals surface area contributed by atoms with E-state index in [1.807, 2.05) is 29.6 Å². The molecule has 5 atom stereocenters. The van der Waals surface area contributed by atoms with Gasteiger partial charge < -0.3 is 20.4 Å². The minimum absolute atomic E-state index is 0.157. The van der Waals surface area contributed by atoms with Gasteiger partial charge in [0.2, 0.25) is 0 Å². The van der Waals surface area contributed by atoms with Crippen molar-refractivity contribution in [3.63, 3.8) is 0 Å². The lowest BCUT2D eigenvalue weighted by Crippen LogP contribution is -2.54. The van der Waals surface area contributed by atoms with Gasteiger partial charge in [-0.3, -0.25) is 9.69 Å². The summed E-state index contributed by atoms with van der Waals surface area (Å²) in [4.78, 5) is 17.4. The van der Waals surface area contributed by atoms with E-state index in [2.05, 4.69) is 30.9 Å². The first-order chi connectivity index (χ1) is 22.9. The first kappa shape index (κ1) is 36.8. The van der Waals surface area contributed by atoms with Crippen molar-refractivity contribution in [3.8, 4) is 0 Å². The van der Waals surface area contributed by atoms with Crippen LogP contribution in [0.5, 0.6) is 0 Å². The van der Waals surface area contributed by atoms with Crippen molar-refractivity contribution in [2.24, 2.45) is 5.41 Å². The number of benzene rings is 2. The van der Waals surface area contributed by atoms with Gasteiger partial charge in [0.05, 0.1) is 24.4 Å². The minimum Gasteiger partial charge on any atom is -0.394 e. The first-order valence-electron chi connectivity index (χ1n) is 17.1. The van der Waals surface area contributed by atoms with Crippen molar-refractivity contribution < 1.29 is 29.6 Å². The lowest BCUT2D eigenvalue weighted by Gasteiger charge is -2.46. The molecule has 48 heavy (non-hydrogen) atoms. The standard InChI is InChI=1S/C39H49ClFNO5S/c1-26-6-4-16-38(2)34(14-17-39(38,47)25-42(23-29(45)24-43)18-15-30-7-5-19-48-30)31-13-11-27(20-28(44)12-10-26)21-32(31)37(46)22-33-35(40)8-3-9-36(33)41/h3,5-9,11,13,19,21,28-29,34,43-45,47H,4,10,12,14-18,20,22-25H2,1-2H3. The SMILES string of the molecule is CC1=CCCC2(C)C(CCC2(O)CN(CCc2cccs2)CC(O)CO)c2ccc(cc2C(=O)Cc2c(F)cccc2Cl)CC(O)CC1. The molecule has 3 aliphatic carbocycles. The van der Waals surface area contributed by atoms with Crippen LogP contribution in [0.4, 0.5) is 4.39 Å². The smallest absolute Gasteiger partial charge is 0.167 e. The number of hydrogen-bond donors (Lipinski definition) is 4. The Labute approximate surface area is 292 Å². The Kier molecular flexibility index (Phi) is 12.3. The Morgan fingerprint density at radius 3 is 2.71 bits per heavy atom. The van der Waals surface area contributed by atoms with Gasteiger partial charge >= 0.3 is 0 Å². The van der Waals surface area contributed by atoms with Gasteiger partial charge in [0.15, 0.2) is 5.78 Å². The summed E-state index contributed by atoms with van der Waals surface area (Å²) in [6, 6.07) is 14.3. The number of hydrogen-bond acceptors (Lipinski definition) is 7. The zero-order chi connectivity index (χ0) is 34.5. The Morgan fingerprint density at radius 2 is 1.98 bits per heavy atom. The molecule has 6 nitrogen and oxygen atoms in total. The van der Waals surface area contributed by atoms with Crippen LogP contribution in [0.25, 0.3) is 0 Å². The average molecular weight is 698 g/mol. The second-order valence-corrected chi connectivity index (χ2v) is 15.6. The first-order valence-corrected chi connectivity index (χ1v) is 18.4. The van der Waals surface area contributed by atoms with Gasteiger partial charge in [-0.15, -0.1) is 11.3 Å². The molecule has 1 fully saturated rings. The van der Waals surface area contributed by atoms with Crippen LogP contribution in [0, 0.1) is 11.2 Å². The highest BCUT2D eigenvalue weighted by atomic mass is 35.5. The van der Waals surface area contributed by atoms with E-state index in [4.69, 9.17) is 11.6 Å². The highest BCUT2D eigenvalue weighted by molar-refractivity contribution is 7.09. The quantitative estimate of drug-likeness (QED) is 0.129. The number of carbonyl (C=O) groups excluding carboxylic acids is 1. The van der Waals surface area contributed by atoms with Crippen LogP contribution < -0.4 is 0 Å². The summed E-state index contributed by atoms with van der Waals surface area (Å²) in [7, 11) is 0. The molecular formula is C39H49ClFNO5S. The number of aliphatic hydroxyl groups is 4. The van der Waals surface area contributed by atoms with E-state index in [1.165, 1.54) is 22.6 Å². The number of rotatable bonds is 11. The molecule has 1 saturated carbocycles. The molecule has 5 unspecified atom stereocenters. The van der Waals surface area contributed by atoms with Crippen molar-refractivity contribution >= 4 is 28.7 Å². The van der Waals surface area contributed by atoms with E-state index >= 15 is 0 Å². The maximum Gasteiger partial charge on any atom is 0.167 e. The van der Waals surface area contributed by atoms with Crippen LogP contribution in [-0.2, 0) is 19.3 Å². The maximum absolute atomic E-state index is 14.9. The second kappa shape index (κ2) is 16.1. The van der Waals surface area contributed by atoms with Gasteiger partial charge in [-0.1, -0.05) is 54.4 Å². The summed E-state index contributed by atoms with van der Waals surface area (Å²) >= 11 is 8.03. The topological polar surface area (TPSA) is 101 Å². The third-order valence-electron chi connectivity index (χ3n) is 10.8. The number of allylic oxidation sites excluding steroid dienone is 2. The fraction of sp³-hybridized carbons (Fsp3) is 0.513. The maximum atomic E-state index is 14.9. The van der Waals surface area contributed by atoms with E-state index in [-0.39, 0.29) is 41.9 Å². The fourth-order valence-corrected chi connectivity index (χ4v) is 8.81. The van der Waals surface area contributed by atoms with Crippen LogP contribution in [0.15, 0.2) is 65.6 Å². The van der Waals surface area contributed by atoms with Gasteiger partial charge in [0, 0.05) is 52.5 Å². The Balaban J connectivity index is 1.55. The Bertz CT molecular complexity index is 1560. The van der Waals surface area contributed by atoms with Crippen molar-refractivity contribution in [1.29, 1.82) is 0 Å². The van der Waals surface area contributed by atoms with Crippen molar-refractivity contribution in [1.82, 2.24) is 4.90 Å². The third-order valence-corrected chi connectivity index (χ3v) is 12.1. The molecule has 0 saturated heterocycles. The highest BCUT2D eigenvalue weighted by Gasteiger charge is 2.57. The van der Waals surface area contributed by atoms with Crippen LogP contribution in [0.3, 0.4) is 0 Å². The number of nitrogens with zero attached hydrogens (tertiary/aromatic N) is 1. The molecule has 4 N–H and O–H groups in total. The van der Waals surface area contributed by atoms with E-state index < -0.39 is 29.0 Å². The van der Waals surface area contributed by atoms with Gasteiger partial charge in [-0.2, -0.15) is 0 Å². The van der Waals surface area contributed by atoms with Crippen molar-refractivity contribution in [3.05, 3.63) is 104 Å². The zero-order valence-corrected chi connectivity index (χ0v) is 29.6. The normalized spacial score (nSPS) is 25.5. The number of halogens is 2. The molecule has 0 radical (unpaired) electrons. The summed E-state index contributed by atoms with van der Waals surface area (Å²) in [6.07, 6.45) is 5.51. The fourth-order valence-electron chi connectivity index (χ4n) is 7.88. The van der Waals surface area contributed by atoms with Crippen LogP contribution in [-0.4, -0.2) is 75.2 Å². The summed E-state index contributed by atoms with van der Waals surface area (Å²) in [6.45, 7) is 5.00. The molecule has 6 rings (SSSR count). The summed E-state index contributed by atoms with van der Waals surface area (Å²) in [5.74, 6) is -0.964. The average Bonchev–Trinajstić information content (AvgIpc) is 3.66. The molecular weight excluding hydrogens is 649 g/mol. The largest absolute Gasteiger partial charge is 0.394 e. The van der Waals surface area contributed by atoms with Gasteiger partial charge in [-0.25, -0.2) is 4.39 Å². The molecule has 3 aromatic rings. The predicted octanol–water partition coefficient (Wildman–Crippen LogP) is 6.90. The van der Waals surface area contributed by atoms with Crippen molar-refractivity contribution in [2.75, 3.05) is 26.2 Å². The molecule has 3 aliphatic rings. The molecule has 0 spiro atoms. The molecule has 0 amide bonds. The van der Waals surface area contributed by atoms with Crippen LogP contribution in [0.1, 0.15) is 90.2 Å². The lowest BCUT2D eigenvalue weighted by atomic mass is 9.64. The van der Waals surface area contributed by atoms with Crippen LogP contribution in [0.2, 0.25) is 5.02 Å². The Morgan fingerprint density at radius 1 is 1.17 bits per heavy atom. The van der Waals surface area contributed by atoms with E-state index in [0.29, 0.717) is 50.8 Å². The van der Waals surface area contributed by atoms with E-state index in [1.54, 1.807) is 17.4 Å². The predicted molar refractivity (Wildman–Crippen MR) is 190 cm³/mol. The zero-order valence-electron chi connectivity index (χ0n) is 28.0. The monoisotopic (exact) mass is 697 g/mol. The van der Waals surface area contributed by atoms with E-state index in [0.717, 1.165) is 30.4 Å². The number of Topliss-reactive ketones (excluding diaryl/α,β-unsaturated/α-hetero) is 1. The third kappa shape index (κ3) is 8.47. The summed E-state index contributed by atoms with van der Waals surface area (Å²) in [5.41, 5.74) is 1.67. The molecule has 9 heteroatoms. The lowest BCUT2D eigenvalue weighted by molar-refractivity contribution is -0.0889. The molecule has 0 aliphatic heterocycles. The van der Waals surface area contributed by atoms with E-state index in [9.17, 15) is 29.6 Å². The van der Waals surface area contributed by atoms with Crippen molar-refractivity contribution in [2.45, 2.75) is 95.4 Å². The van der Waals surface area contributed by atoms with Crippen LogP contribution >= 0.6 is 22.9 Å². The number of aliphatic hydroxyl groups excluding tert-OH is 3. The number of carbonyl (C=O) groups is 1. The number of ketones is 1. The molecule has 1 aromatic heterocycles. The molecule has 2 aromatic carbocycles. The van der Waals surface area contributed by atoms with Gasteiger partial charge in [0.25, 0.3) is 0 Å².